The second-order valence-electron chi connectivity index (χ2n) is 3.87. The summed E-state index contributed by atoms with van der Waals surface area (Å²) in [5.41, 5.74) is 0. The fraction of sp³-hybridized carbons (Fsp3) is 0.333. The van der Waals surface area contributed by atoms with Gasteiger partial charge in [0, 0.05) is 32.3 Å². The molecule has 0 spiro atoms. The molecule has 2 aromatic rings. The normalized spacial score (nSPS) is 10.4. The zero-order chi connectivity index (χ0) is 12.1. The van der Waals surface area contributed by atoms with Gasteiger partial charge in [0.05, 0.1) is 12.8 Å². The van der Waals surface area contributed by atoms with Crippen LogP contribution in [-0.2, 0) is 17.8 Å². The largest absolute Gasteiger partial charge is 0.469 e. The number of furan rings is 1. The third kappa shape index (κ3) is 3.21. The smallest absolute Gasteiger partial charge is 0.223 e. The number of aryl methyl sites for hydroxylation is 1. The van der Waals surface area contributed by atoms with Gasteiger partial charge in [-0.2, -0.15) is 0 Å². The topological polar surface area (TPSA) is 62.1 Å². The molecule has 1 amide bonds. The van der Waals surface area contributed by atoms with E-state index in [-0.39, 0.29) is 5.91 Å². The van der Waals surface area contributed by atoms with Crippen LogP contribution >= 0.6 is 0 Å². The maximum atomic E-state index is 11.8. The molecule has 2 heterocycles. The molecule has 0 bridgehead atoms. The van der Waals surface area contributed by atoms with Crippen LogP contribution < -0.4 is 0 Å². The molecule has 0 aliphatic carbocycles. The van der Waals surface area contributed by atoms with Crippen molar-refractivity contribution in [1.29, 1.82) is 0 Å². The minimum atomic E-state index is 0.0813. The molecular formula is C12H15N3O2. The van der Waals surface area contributed by atoms with Crippen LogP contribution in [0.3, 0.4) is 0 Å². The summed E-state index contributed by atoms with van der Waals surface area (Å²) < 4.78 is 5.18. The Balaban J connectivity index is 1.79. The Morgan fingerprint density at radius 2 is 2.47 bits per heavy atom. The van der Waals surface area contributed by atoms with Crippen LogP contribution in [0.1, 0.15) is 18.0 Å². The van der Waals surface area contributed by atoms with Gasteiger partial charge in [-0.05, 0) is 12.1 Å². The Morgan fingerprint density at radius 3 is 3.12 bits per heavy atom. The molecular weight excluding hydrogens is 218 g/mol. The lowest BCUT2D eigenvalue weighted by atomic mass is 10.2. The molecule has 5 heteroatoms. The molecule has 0 atom stereocenters. The molecule has 0 saturated carbocycles. The van der Waals surface area contributed by atoms with Crippen LogP contribution in [0.25, 0.3) is 0 Å². The van der Waals surface area contributed by atoms with Gasteiger partial charge in [-0.15, -0.1) is 0 Å². The molecule has 17 heavy (non-hydrogen) atoms. The molecule has 90 valence electrons. The number of nitrogens with zero attached hydrogens (tertiary/aromatic N) is 2. The zero-order valence-electron chi connectivity index (χ0n) is 9.72. The summed E-state index contributed by atoms with van der Waals surface area (Å²) in [6.45, 7) is 0.504. The summed E-state index contributed by atoms with van der Waals surface area (Å²) >= 11 is 0. The van der Waals surface area contributed by atoms with Gasteiger partial charge < -0.3 is 14.3 Å². The van der Waals surface area contributed by atoms with Crippen molar-refractivity contribution in [3.63, 3.8) is 0 Å². The molecule has 5 nitrogen and oxygen atoms in total. The summed E-state index contributed by atoms with van der Waals surface area (Å²) in [6.07, 6.45) is 6.12. The summed E-state index contributed by atoms with van der Waals surface area (Å²) in [5, 5.41) is 0. The van der Waals surface area contributed by atoms with E-state index < -0.39 is 0 Å². The van der Waals surface area contributed by atoms with Crippen molar-refractivity contribution >= 4 is 5.91 Å². The minimum absolute atomic E-state index is 0.0813. The Bertz CT molecular complexity index is 448. The van der Waals surface area contributed by atoms with Crippen molar-refractivity contribution in [3.8, 4) is 0 Å². The number of aromatic amines is 1. The van der Waals surface area contributed by atoms with Crippen LogP contribution in [0.4, 0.5) is 0 Å². The van der Waals surface area contributed by atoms with Crippen LogP contribution in [0.2, 0.25) is 0 Å². The van der Waals surface area contributed by atoms with E-state index >= 15 is 0 Å². The van der Waals surface area contributed by atoms with E-state index in [1.807, 2.05) is 12.1 Å². The van der Waals surface area contributed by atoms with Crippen LogP contribution in [-0.4, -0.2) is 27.8 Å². The zero-order valence-corrected chi connectivity index (χ0v) is 9.72. The second-order valence-corrected chi connectivity index (χ2v) is 3.87. The number of amides is 1. The van der Waals surface area contributed by atoms with E-state index in [9.17, 15) is 4.79 Å². The predicted molar refractivity (Wildman–Crippen MR) is 62.1 cm³/mol. The first-order chi connectivity index (χ1) is 8.25. The van der Waals surface area contributed by atoms with E-state index in [1.165, 1.54) is 0 Å². The fourth-order valence-electron chi connectivity index (χ4n) is 1.57. The van der Waals surface area contributed by atoms with Gasteiger partial charge in [0.1, 0.15) is 11.6 Å². The van der Waals surface area contributed by atoms with Crippen molar-refractivity contribution in [2.45, 2.75) is 19.4 Å². The molecule has 0 aliphatic heterocycles. The highest BCUT2D eigenvalue weighted by Crippen LogP contribution is 2.06. The SMILES string of the molecule is CN(Cc1ncc[nH]1)C(=O)CCc1ccco1. The lowest BCUT2D eigenvalue weighted by molar-refractivity contribution is -0.130. The first kappa shape index (κ1) is 11.4. The Hall–Kier alpha value is -2.04. The standard InChI is InChI=1S/C12H15N3O2/c1-15(9-11-13-6-7-14-11)12(16)5-4-10-3-2-8-17-10/h2-3,6-8H,4-5,9H2,1H3,(H,13,14). The first-order valence-electron chi connectivity index (χ1n) is 5.50. The highest BCUT2D eigenvalue weighted by atomic mass is 16.3. The van der Waals surface area contributed by atoms with Gasteiger partial charge >= 0.3 is 0 Å². The molecule has 0 aromatic carbocycles. The van der Waals surface area contributed by atoms with Crippen LogP contribution in [0, 0.1) is 0 Å². The van der Waals surface area contributed by atoms with Crippen molar-refractivity contribution in [1.82, 2.24) is 14.9 Å². The third-order valence-corrected chi connectivity index (χ3v) is 2.53. The second kappa shape index (κ2) is 5.34. The number of imidazole rings is 1. The highest BCUT2D eigenvalue weighted by Gasteiger charge is 2.11. The maximum absolute atomic E-state index is 11.8. The Kier molecular flexibility index (Phi) is 3.59. The average Bonchev–Trinajstić information content (AvgIpc) is 2.98. The number of carbonyl (C=O) groups excluding carboxylic acids is 1. The molecule has 1 N–H and O–H groups in total. The summed E-state index contributed by atoms with van der Waals surface area (Å²) in [5.74, 6) is 1.71. The summed E-state index contributed by atoms with van der Waals surface area (Å²) in [7, 11) is 1.77. The Labute approximate surface area is 99.5 Å². The van der Waals surface area contributed by atoms with Gasteiger partial charge in [0.25, 0.3) is 0 Å². The lowest BCUT2D eigenvalue weighted by Gasteiger charge is -2.15. The fourth-order valence-corrected chi connectivity index (χ4v) is 1.57. The number of carbonyl (C=O) groups is 1. The molecule has 0 fully saturated rings. The van der Waals surface area contributed by atoms with E-state index in [4.69, 9.17) is 4.42 Å². The van der Waals surface area contributed by atoms with E-state index in [0.29, 0.717) is 19.4 Å². The maximum Gasteiger partial charge on any atom is 0.223 e. The minimum Gasteiger partial charge on any atom is -0.469 e. The van der Waals surface area contributed by atoms with Crippen molar-refractivity contribution in [2.24, 2.45) is 0 Å². The average molecular weight is 233 g/mol. The van der Waals surface area contributed by atoms with E-state index in [0.717, 1.165) is 11.6 Å². The number of aromatic nitrogens is 2. The first-order valence-corrected chi connectivity index (χ1v) is 5.50. The molecule has 0 radical (unpaired) electrons. The van der Waals surface area contributed by atoms with Crippen molar-refractivity contribution in [3.05, 3.63) is 42.4 Å². The van der Waals surface area contributed by atoms with Crippen LogP contribution in [0.5, 0.6) is 0 Å². The number of nitrogens with one attached hydrogen (secondary N) is 1. The van der Waals surface area contributed by atoms with Crippen molar-refractivity contribution < 1.29 is 9.21 Å². The van der Waals surface area contributed by atoms with Gasteiger partial charge in [0.2, 0.25) is 5.91 Å². The van der Waals surface area contributed by atoms with Gasteiger partial charge in [-0.25, -0.2) is 4.98 Å². The molecule has 0 saturated heterocycles. The molecule has 2 rings (SSSR count). The third-order valence-electron chi connectivity index (χ3n) is 2.53. The van der Waals surface area contributed by atoms with E-state index in [1.54, 1.807) is 30.6 Å². The number of hydrogen-bond acceptors (Lipinski definition) is 3. The monoisotopic (exact) mass is 233 g/mol. The van der Waals surface area contributed by atoms with Gasteiger partial charge in [0.15, 0.2) is 0 Å². The lowest BCUT2D eigenvalue weighted by Crippen LogP contribution is -2.26. The Morgan fingerprint density at radius 1 is 1.59 bits per heavy atom. The molecule has 0 aliphatic rings. The molecule has 2 aromatic heterocycles. The molecule has 0 unspecified atom stereocenters. The number of hydrogen-bond donors (Lipinski definition) is 1. The van der Waals surface area contributed by atoms with Crippen molar-refractivity contribution in [2.75, 3.05) is 7.05 Å². The highest BCUT2D eigenvalue weighted by molar-refractivity contribution is 5.75. The predicted octanol–water partition coefficient (Wildman–Crippen LogP) is 1.59. The van der Waals surface area contributed by atoms with E-state index in [2.05, 4.69) is 9.97 Å². The number of rotatable bonds is 5. The van der Waals surface area contributed by atoms with Gasteiger partial charge in [-0.1, -0.05) is 0 Å². The van der Waals surface area contributed by atoms with Crippen LogP contribution in [0.15, 0.2) is 35.2 Å². The summed E-state index contributed by atoms with van der Waals surface area (Å²) in [6, 6.07) is 3.70. The van der Waals surface area contributed by atoms with Gasteiger partial charge in [-0.3, -0.25) is 4.79 Å². The summed E-state index contributed by atoms with van der Waals surface area (Å²) in [4.78, 5) is 20.5. The quantitative estimate of drug-likeness (QED) is 0.853. The number of H-pyrrole nitrogens is 1.